The number of rotatable bonds is 6. The van der Waals surface area contributed by atoms with Crippen LogP contribution >= 0.6 is 11.8 Å². The maximum atomic E-state index is 9.21. The van der Waals surface area contributed by atoms with Crippen LogP contribution in [0.15, 0.2) is 17.0 Å². The molecular formula is C14H21NO3S. The van der Waals surface area contributed by atoms with Crippen molar-refractivity contribution in [3.63, 3.8) is 0 Å². The average Bonchev–Trinajstić information content (AvgIpc) is 2.47. The largest absolute Gasteiger partial charge is 0.486 e. The van der Waals surface area contributed by atoms with E-state index in [1.165, 1.54) is 10.5 Å². The Labute approximate surface area is 118 Å². The molecule has 106 valence electrons. The lowest BCUT2D eigenvalue weighted by molar-refractivity contribution is 0.170. The average molecular weight is 283 g/mol. The van der Waals surface area contributed by atoms with E-state index in [-0.39, 0.29) is 12.6 Å². The number of ether oxygens (including phenoxy) is 2. The van der Waals surface area contributed by atoms with Crippen LogP contribution in [0.2, 0.25) is 0 Å². The molecule has 1 unspecified atom stereocenters. The topological polar surface area (TPSA) is 50.7 Å². The molecule has 0 saturated carbocycles. The first-order chi connectivity index (χ1) is 9.28. The van der Waals surface area contributed by atoms with Gasteiger partial charge in [-0.2, -0.15) is 0 Å². The minimum atomic E-state index is 0.142. The minimum absolute atomic E-state index is 0.142. The highest BCUT2D eigenvalue weighted by Crippen LogP contribution is 2.36. The molecule has 0 saturated heterocycles. The number of aliphatic hydroxyl groups is 1. The van der Waals surface area contributed by atoms with Gasteiger partial charge >= 0.3 is 0 Å². The summed E-state index contributed by atoms with van der Waals surface area (Å²) in [5.74, 6) is 1.64. The van der Waals surface area contributed by atoms with Crippen LogP contribution in [-0.2, 0) is 6.54 Å². The van der Waals surface area contributed by atoms with Gasteiger partial charge in [-0.3, -0.25) is 0 Å². The predicted molar refractivity (Wildman–Crippen MR) is 77.2 cm³/mol. The third-order valence-electron chi connectivity index (χ3n) is 3.24. The Morgan fingerprint density at radius 2 is 2.00 bits per heavy atom. The second-order valence-electron chi connectivity index (χ2n) is 4.48. The smallest absolute Gasteiger partial charge is 0.162 e. The number of aliphatic hydroxyl groups excluding tert-OH is 1. The molecule has 0 amide bonds. The molecule has 4 nitrogen and oxygen atoms in total. The molecule has 1 aliphatic heterocycles. The van der Waals surface area contributed by atoms with E-state index in [9.17, 15) is 5.11 Å². The van der Waals surface area contributed by atoms with E-state index >= 15 is 0 Å². The van der Waals surface area contributed by atoms with E-state index in [2.05, 4.69) is 18.5 Å². The molecule has 1 aromatic carbocycles. The zero-order valence-corrected chi connectivity index (χ0v) is 12.3. The summed E-state index contributed by atoms with van der Waals surface area (Å²) in [6.45, 7) is 4.17. The fourth-order valence-corrected chi connectivity index (χ4v) is 2.65. The van der Waals surface area contributed by atoms with Crippen molar-refractivity contribution in [1.29, 1.82) is 0 Å². The van der Waals surface area contributed by atoms with Crippen LogP contribution in [0.4, 0.5) is 0 Å². The highest BCUT2D eigenvalue weighted by atomic mass is 32.2. The van der Waals surface area contributed by atoms with Gasteiger partial charge in [0.05, 0.1) is 6.61 Å². The van der Waals surface area contributed by atoms with E-state index < -0.39 is 0 Å². The van der Waals surface area contributed by atoms with Gasteiger partial charge in [0.1, 0.15) is 13.2 Å². The van der Waals surface area contributed by atoms with Crippen LogP contribution in [0.3, 0.4) is 0 Å². The Hall–Kier alpha value is -0.910. The maximum Gasteiger partial charge on any atom is 0.162 e. The maximum absolute atomic E-state index is 9.21. The molecule has 0 radical (unpaired) electrons. The second kappa shape index (κ2) is 7.03. The third kappa shape index (κ3) is 3.55. The Kier molecular flexibility index (Phi) is 5.36. The van der Waals surface area contributed by atoms with Crippen molar-refractivity contribution < 1.29 is 14.6 Å². The number of hydrogen-bond donors (Lipinski definition) is 2. The lowest BCUT2D eigenvalue weighted by Crippen LogP contribution is -2.31. The number of benzene rings is 1. The second-order valence-corrected chi connectivity index (χ2v) is 5.32. The SMILES string of the molecule is CCC(CO)NCc1cc2c(cc1SC)OCCO2. The molecule has 0 aliphatic carbocycles. The molecular weight excluding hydrogens is 262 g/mol. The molecule has 1 atom stereocenters. The van der Waals surface area contributed by atoms with Crippen LogP contribution in [0, 0.1) is 0 Å². The van der Waals surface area contributed by atoms with E-state index in [4.69, 9.17) is 9.47 Å². The van der Waals surface area contributed by atoms with Gasteiger partial charge in [-0.05, 0) is 30.4 Å². The molecule has 2 N–H and O–H groups in total. The van der Waals surface area contributed by atoms with Gasteiger partial charge < -0.3 is 19.9 Å². The van der Waals surface area contributed by atoms with Gasteiger partial charge in [-0.15, -0.1) is 11.8 Å². The quantitative estimate of drug-likeness (QED) is 0.783. The Morgan fingerprint density at radius 1 is 1.32 bits per heavy atom. The van der Waals surface area contributed by atoms with Gasteiger partial charge in [0.15, 0.2) is 11.5 Å². The zero-order valence-electron chi connectivity index (χ0n) is 11.4. The van der Waals surface area contributed by atoms with Crippen LogP contribution in [0.1, 0.15) is 18.9 Å². The number of fused-ring (bicyclic) bond motifs is 1. The first kappa shape index (κ1) is 14.5. The molecule has 1 aliphatic rings. The standard InChI is InChI=1S/C14H21NO3S/c1-3-11(9-16)15-8-10-6-12-13(7-14(10)19-2)18-5-4-17-12/h6-7,11,15-16H,3-5,8-9H2,1-2H3. The van der Waals surface area contributed by atoms with Crippen molar-refractivity contribution in [3.05, 3.63) is 17.7 Å². The van der Waals surface area contributed by atoms with Gasteiger partial charge in [0.2, 0.25) is 0 Å². The van der Waals surface area contributed by atoms with Gasteiger partial charge in [0.25, 0.3) is 0 Å². The fourth-order valence-electron chi connectivity index (χ4n) is 2.03. The van der Waals surface area contributed by atoms with Crippen molar-refractivity contribution >= 4 is 11.8 Å². The van der Waals surface area contributed by atoms with Crippen LogP contribution in [0.5, 0.6) is 11.5 Å². The van der Waals surface area contributed by atoms with Crippen molar-refractivity contribution in [2.75, 3.05) is 26.1 Å². The summed E-state index contributed by atoms with van der Waals surface area (Å²) < 4.78 is 11.2. The van der Waals surface area contributed by atoms with Crippen LogP contribution < -0.4 is 14.8 Å². The first-order valence-corrected chi connectivity index (χ1v) is 7.81. The predicted octanol–water partition coefficient (Wildman–Crippen LogP) is 2.04. The first-order valence-electron chi connectivity index (χ1n) is 6.59. The van der Waals surface area contributed by atoms with Crippen molar-refractivity contribution in [3.8, 4) is 11.5 Å². The van der Waals surface area contributed by atoms with Crippen molar-refractivity contribution in [2.45, 2.75) is 30.8 Å². The summed E-state index contributed by atoms with van der Waals surface area (Å²) in [7, 11) is 0. The molecule has 0 spiro atoms. The highest BCUT2D eigenvalue weighted by Gasteiger charge is 2.16. The van der Waals surface area contributed by atoms with E-state index in [1.54, 1.807) is 11.8 Å². The highest BCUT2D eigenvalue weighted by molar-refractivity contribution is 7.98. The molecule has 0 bridgehead atoms. The minimum Gasteiger partial charge on any atom is -0.486 e. The molecule has 0 aromatic heterocycles. The normalized spacial score (nSPS) is 15.3. The number of thioether (sulfide) groups is 1. The van der Waals surface area contributed by atoms with E-state index in [0.29, 0.717) is 13.2 Å². The Morgan fingerprint density at radius 3 is 2.58 bits per heavy atom. The third-order valence-corrected chi connectivity index (χ3v) is 4.06. The summed E-state index contributed by atoms with van der Waals surface area (Å²) in [6.07, 6.45) is 2.97. The fraction of sp³-hybridized carbons (Fsp3) is 0.571. The Bertz CT molecular complexity index is 421. The summed E-state index contributed by atoms with van der Waals surface area (Å²) in [6, 6.07) is 4.22. The molecule has 0 fully saturated rings. The van der Waals surface area contributed by atoms with E-state index in [0.717, 1.165) is 24.5 Å². The summed E-state index contributed by atoms with van der Waals surface area (Å²) in [5.41, 5.74) is 1.18. The van der Waals surface area contributed by atoms with E-state index in [1.807, 2.05) is 12.1 Å². The summed E-state index contributed by atoms with van der Waals surface area (Å²) in [5, 5.41) is 12.6. The number of nitrogens with one attached hydrogen (secondary N) is 1. The molecule has 1 aromatic rings. The summed E-state index contributed by atoms with van der Waals surface area (Å²) >= 11 is 1.70. The van der Waals surface area contributed by atoms with Crippen molar-refractivity contribution in [2.24, 2.45) is 0 Å². The van der Waals surface area contributed by atoms with Crippen LogP contribution in [-0.4, -0.2) is 37.2 Å². The van der Waals surface area contributed by atoms with Gasteiger partial charge in [-0.25, -0.2) is 0 Å². The Balaban J connectivity index is 2.14. The lowest BCUT2D eigenvalue weighted by atomic mass is 10.1. The van der Waals surface area contributed by atoms with Gasteiger partial charge in [0, 0.05) is 17.5 Å². The monoisotopic (exact) mass is 283 g/mol. The molecule has 5 heteroatoms. The molecule has 2 rings (SSSR count). The summed E-state index contributed by atoms with van der Waals surface area (Å²) in [4.78, 5) is 1.18. The zero-order chi connectivity index (χ0) is 13.7. The van der Waals surface area contributed by atoms with Crippen LogP contribution in [0.25, 0.3) is 0 Å². The molecule has 1 heterocycles. The number of hydrogen-bond acceptors (Lipinski definition) is 5. The van der Waals surface area contributed by atoms with Crippen molar-refractivity contribution in [1.82, 2.24) is 5.32 Å². The van der Waals surface area contributed by atoms with Gasteiger partial charge in [-0.1, -0.05) is 6.92 Å². The lowest BCUT2D eigenvalue weighted by Gasteiger charge is -2.21. The molecule has 19 heavy (non-hydrogen) atoms.